The second kappa shape index (κ2) is 11.0. The Hall–Kier alpha value is -1.67. The molecule has 0 aromatic rings. The van der Waals surface area contributed by atoms with E-state index in [2.05, 4.69) is 20.9 Å². The molecular weight excluding hydrogens is 337 g/mol. The summed E-state index contributed by atoms with van der Waals surface area (Å²) in [5.41, 5.74) is -0.599. The Labute approximate surface area is 148 Å². The monoisotopic (exact) mass is 368 g/mol. The fraction of sp³-hybridized carbons (Fsp3) is 0.875. The molecular formula is C16H31F3N4O2. The van der Waals surface area contributed by atoms with Crippen molar-refractivity contribution in [3.63, 3.8) is 0 Å². The van der Waals surface area contributed by atoms with Crippen LogP contribution in [0.2, 0.25) is 0 Å². The maximum Gasteiger partial charge on any atom is 0.407 e. The number of nitrogens with zero attached hydrogens (tertiary/aromatic N) is 1. The molecule has 25 heavy (non-hydrogen) atoms. The van der Waals surface area contributed by atoms with E-state index in [-0.39, 0.29) is 19.1 Å². The highest BCUT2D eigenvalue weighted by atomic mass is 19.4. The minimum atomic E-state index is -4.21. The molecule has 0 aliphatic rings. The molecule has 0 aliphatic carbocycles. The van der Waals surface area contributed by atoms with Gasteiger partial charge in [0.1, 0.15) is 5.60 Å². The van der Waals surface area contributed by atoms with E-state index in [1.807, 2.05) is 13.8 Å². The Morgan fingerprint density at radius 3 is 2.28 bits per heavy atom. The van der Waals surface area contributed by atoms with Crippen molar-refractivity contribution >= 4 is 12.1 Å². The molecule has 0 fully saturated rings. The first kappa shape index (κ1) is 23.3. The summed E-state index contributed by atoms with van der Waals surface area (Å²) in [6, 6.07) is -0.252. The van der Waals surface area contributed by atoms with Gasteiger partial charge in [0.05, 0.1) is 19.0 Å². The molecule has 1 amide bonds. The van der Waals surface area contributed by atoms with Crippen molar-refractivity contribution in [3.8, 4) is 0 Å². The largest absolute Gasteiger partial charge is 0.444 e. The van der Waals surface area contributed by atoms with E-state index in [1.165, 1.54) is 0 Å². The number of alkyl halides is 3. The van der Waals surface area contributed by atoms with Gasteiger partial charge in [0.2, 0.25) is 0 Å². The number of ether oxygens (including phenoxy) is 1. The van der Waals surface area contributed by atoms with Crippen molar-refractivity contribution in [2.75, 3.05) is 19.6 Å². The van der Waals surface area contributed by atoms with Gasteiger partial charge >= 0.3 is 12.3 Å². The van der Waals surface area contributed by atoms with Crippen LogP contribution < -0.4 is 16.0 Å². The summed E-state index contributed by atoms with van der Waals surface area (Å²) < 4.78 is 41.9. The van der Waals surface area contributed by atoms with Crippen molar-refractivity contribution in [3.05, 3.63) is 0 Å². The summed E-state index contributed by atoms with van der Waals surface area (Å²) in [4.78, 5) is 16.1. The van der Waals surface area contributed by atoms with Crippen molar-refractivity contribution in [2.45, 2.75) is 71.7 Å². The molecule has 0 aliphatic heterocycles. The number of halogens is 3. The maximum atomic E-state index is 12.2. The number of amides is 1. The molecule has 1 unspecified atom stereocenters. The van der Waals surface area contributed by atoms with Gasteiger partial charge in [0.25, 0.3) is 0 Å². The van der Waals surface area contributed by atoms with Crippen LogP contribution in [0.5, 0.6) is 0 Å². The van der Waals surface area contributed by atoms with Crippen LogP contribution in [0.25, 0.3) is 0 Å². The van der Waals surface area contributed by atoms with Crippen LogP contribution in [0.4, 0.5) is 18.0 Å². The van der Waals surface area contributed by atoms with E-state index in [1.54, 1.807) is 20.8 Å². The summed E-state index contributed by atoms with van der Waals surface area (Å²) >= 11 is 0. The molecule has 6 nitrogen and oxygen atoms in total. The number of nitrogens with one attached hydrogen (secondary N) is 3. The molecule has 0 saturated carbocycles. The average Bonchev–Trinajstić information content (AvgIpc) is 2.41. The van der Waals surface area contributed by atoms with Crippen molar-refractivity contribution in [1.29, 1.82) is 0 Å². The van der Waals surface area contributed by atoms with E-state index in [9.17, 15) is 18.0 Å². The topological polar surface area (TPSA) is 74.8 Å². The third-order valence-electron chi connectivity index (χ3n) is 2.87. The minimum absolute atomic E-state index is 0.244. The third-order valence-corrected chi connectivity index (χ3v) is 2.87. The fourth-order valence-electron chi connectivity index (χ4n) is 1.90. The first-order chi connectivity index (χ1) is 11.5. The standard InChI is InChI=1S/C16H31F3N4O2/c1-6-8-12(23-14(24)25-15(3,4)5)11-22-13(20-7-2)21-10-9-16(17,18)19/h12H,6-11H2,1-5H3,(H,23,24)(H2,20,21,22). The van der Waals surface area contributed by atoms with Crippen molar-refractivity contribution in [2.24, 2.45) is 4.99 Å². The lowest BCUT2D eigenvalue weighted by molar-refractivity contribution is -0.132. The fourth-order valence-corrected chi connectivity index (χ4v) is 1.90. The predicted molar refractivity (Wildman–Crippen MR) is 92.7 cm³/mol. The van der Waals surface area contributed by atoms with Crippen molar-refractivity contribution < 1.29 is 22.7 Å². The molecule has 0 radical (unpaired) electrons. The third kappa shape index (κ3) is 14.4. The smallest absolute Gasteiger partial charge is 0.407 e. The zero-order valence-electron chi connectivity index (χ0n) is 15.7. The Morgan fingerprint density at radius 2 is 1.80 bits per heavy atom. The molecule has 0 aromatic heterocycles. The summed E-state index contributed by atoms with van der Waals surface area (Å²) in [5.74, 6) is 0.291. The molecule has 0 spiro atoms. The maximum absolute atomic E-state index is 12.2. The number of guanidine groups is 1. The first-order valence-electron chi connectivity index (χ1n) is 8.55. The van der Waals surface area contributed by atoms with Crippen LogP contribution in [0.1, 0.15) is 53.9 Å². The molecule has 9 heteroatoms. The van der Waals surface area contributed by atoms with Gasteiger partial charge in [-0.25, -0.2) is 4.79 Å². The first-order valence-corrected chi connectivity index (χ1v) is 8.55. The van der Waals surface area contributed by atoms with E-state index >= 15 is 0 Å². The number of carbonyl (C=O) groups is 1. The molecule has 3 N–H and O–H groups in total. The minimum Gasteiger partial charge on any atom is -0.444 e. The quantitative estimate of drug-likeness (QED) is 0.454. The molecule has 0 saturated heterocycles. The van der Waals surface area contributed by atoms with Crippen LogP contribution in [0.3, 0.4) is 0 Å². The summed E-state index contributed by atoms with van der Waals surface area (Å²) in [7, 11) is 0. The summed E-state index contributed by atoms with van der Waals surface area (Å²) in [6.45, 7) is 9.62. The molecule has 0 aromatic carbocycles. The highest BCUT2D eigenvalue weighted by Gasteiger charge is 2.26. The van der Waals surface area contributed by atoms with Crippen LogP contribution >= 0.6 is 0 Å². The van der Waals surface area contributed by atoms with Gasteiger partial charge < -0.3 is 20.7 Å². The zero-order valence-corrected chi connectivity index (χ0v) is 15.7. The number of hydrogen-bond acceptors (Lipinski definition) is 3. The van der Waals surface area contributed by atoms with E-state index in [4.69, 9.17) is 4.74 Å². The molecule has 0 bridgehead atoms. The Morgan fingerprint density at radius 1 is 1.16 bits per heavy atom. The average molecular weight is 368 g/mol. The van der Waals surface area contributed by atoms with E-state index in [0.717, 1.165) is 6.42 Å². The van der Waals surface area contributed by atoms with Gasteiger partial charge in [-0.2, -0.15) is 13.2 Å². The van der Waals surface area contributed by atoms with Gasteiger partial charge in [0.15, 0.2) is 5.96 Å². The van der Waals surface area contributed by atoms with Crippen LogP contribution in [0, 0.1) is 0 Å². The summed E-state index contributed by atoms with van der Waals surface area (Å²) in [5, 5.41) is 8.28. The van der Waals surface area contributed by atoms with Gasteiger partial charge in [0, 0.05) is 13.1 Å². The zero-order chi connectivity index (χ0) is 19.5. The van der Waals surface area contributed by atoms with Gasteiger partial charge in [-0.15, -0.1) is 0 Å². The Balaban J connectivity index is 4.65. The number of carbonyl (C=O) groups excluding carboxylic acids is 1. The molecule has 0 heterocycles. The van der Waals surface area contributed by atoms with Crippen LogP contribution in [-0.2, 0) is 4.74 Å². The van der Waals surface area contributed by atoms with E-state index in [0.29, 0.717) is 18.9 Å². The molecule has 148 valence electrons. The predicted octanol–water partition coefficient (Wildman–Crippen LogP) is 3.19. The number of aliphatic imine (C=N–C) groups is 1. The van der Waals surface area contributed by atoms with Gasteiger partial charge in [-0.05, 0) is 34.1 Å². The lowest BCUT2D eigenvalue weighted by Gasteiger charge is -2.23. The van der Waals surface area contributed by atoms with Crippen molar-refractivity contribution in [1.82, 2.24) is 16.0 Å². The SMILES string of the molecule is CCCC(CN=C(NCC)NCCC(F)(F)F)NC(=O)OC(C)(C)C. The van der Waals surface area contributed by atoms with E-state index < -0.39 is 24.3 Å². The molecule has 0 rings (SSSR count). The number of alkyl carbamates (subject to hydrolysis) is 1. The Kier molecular flexibility index (Phi) is 10.3. The highest BCUT2D eigenvalue weighted by molar-refractivity contribution is 5.79. The van der Waals surface area contributed by atoms with Gasteiger partial charge in [-0.1, -0.05) is 13.3 Å². The number of rotatable bonds is 8. The second-order valence-corrected chi connectivity index (χ2v) is 6.64. The highest BCUT2D eigenvalue weighted by Crippen LogP contribution is 2.18. The number of hydrogen-bond donors (Lipinski definition) is 3. The normalized spacial score (nSPS) is 14.0. The molecule has 1 atom stereocenters. The Bertz CT molecular complexity index is 421. The lowest BCUT2D eigenvalue weighted by Crippen LogP contribution is -2.43. The second-order valence-electron chi connectivity index (χ2n) is 6.64. The van der Waals surface area contributed by atoms with Gasteiger partial charge in [-0.3, -0.25) is 4.99 Å². The van der Waals surface area contributed by atoms with Crippen LogP contribution in [-0.4, -0.2) is 49.5 Å². The lowest BCUT2D eigenvalue weighted by atomic mass is 10.1. The summed E-state index contributed by atoms with van der Waals surface area (Å²) in [6.07, 6.45) is -4.17. The van der Waals surface area contributed by atoms with Crippen LogP contribution in [0.15, 0.2) is 4.99 Å².